The van der Waals surface area contributed by atoms with Gasteiger partial charge in [-0.3, -0.25) is 14.9 Å². The first-order valence-corrected chi connectivity index (χ1v) is 9.95. The molecule has 158 valence electrons. The summed E-state index contributed by atoms with van der Waals surface area (Å²) in [6, 6.07) is 13.6. The van der Waals surface area contributed by atoms with Crippen molar-refractivity contribution in [2.24, 2.45) is 5.92 Å². The predicted octanol–water partition coefficient (Wildman–Crippen LogP) is 3.62. The molecule has 1 unspecified atom stereocenters. The molecule has 3 rings (SSSR count). The number of nitrogens with one attached hydrogen (secondary N) is 1. The summed E-state index contributed by atoms with van der Waals surface area (Å²) in [5.74, 6) is -0.575. The van der Waals surface area contributed by atoms with Gasteiger partial charge in [0.05, 0.1) is 10.5 Å². The number of likely N-dealkylation sites (tertiary alicyclic amines) is 1. The quantitative estimate of drug-likeness (QED) is 0.424. The highest BCUT2D eigenvalue weighted by atomic mass is 16.6. The summed E-state index contributed by atoms with van der Waals surface area (Å²) in [4.78, 5) is 37.2. The van der Waals surface area contributed by atoms with Gasteiger partial charge >= 0.3 is 5.97 Å². The van der Waals surface area contributed by atoms with Crippen LogP contribution < -0.4 is 5.32 Å². The fourth-order valence-electron chi connectivity index (χ4n) is 3.47. The lowest BCUT2D eigenvalue weighted by atomic mass is 10.0. The Bertz CT molecular complexity index is 916. The second kappa shape index (κ2) is 9.87. The Kier molecular flexibility index (Phi) is 7.00. The number of nitro groups is 1. The molecule has 0 spiro atoms. The van der Waals surface area contributed by atoms with E-state index in [4.69, 9.17) is 4.74 Å². The van der Waals surface area contributed by atoms with Crippen molar-refractivity contribution < 1.29 is 19.2 Å². The average Bonchev–Trinajstić information content (AvgIpc) is 2.76. The maximum absolute atomic E-state index is 12.3. The van der Waals surface area contributed by atoms with Gasteiger partial charge in [-0.25, -0.2) is 4.79 Å². The van der Waals surface area contributed by atoms with Gasteiger partial charge in [-0.05, 0) is 36.5 Å². The van der Waals surface area contributed by atoms with Crippen molar-refractivity contribution in [3.8, 4) is 0 Å². The Labute approximate surface area is 175 Å². The van der Waals surface area contributed by atoms with Gasteiger partial charge in [0.15, 0.2) is 6.61 Å². The summed E-state index contributed by atoms with van der Waals surface area (Å²) in [6.07, 6.45) is 2.02. The molecule has 1 N–H and O–H groups in total. The molecule has 0 aromatic heterocycles. The number of hydrogen-bond acceptors (Lipinski definition) is 6. The highest BCUT2D eigenvalue weighted by Gasteiger charge is 2.23. The van der Waals surface area contributed by atoms with Gasteiger partial charge in [0.25, 0.3) is 11.6 Å². The van der Waals surface area contributed by atoms with Crippen LogP contribution in [0.4, 0.5) is 11.4 Å². The number of ether oxygens (including phenoxy) is 1. The average molecular weight is 411 g/mol. The topological polar surface area (TPSA) is 102 Å². The molecular weight excluding hydrogens is 386 g/mol. The third-order valence-corrected chi connectivity index (χ3v) is 5.09. The molecule has 1 heterocycles. The van der Waals surface area contributed by atoms with Crippen LogP contribution in [0.3, 0.4) is 0 Å². The fourth-order valence-corrected chi connectivity index (χ4v) is 3.47. The van der Waals surface area contributed by atoms with E-state index < -0.39 is 10.9 Å². The SMILES string of the molecule is CC1CCCN(C(=O)COC(=O)c2ccc(NCc3ccccc3)c([N+](=O)[O-])c2)C1. The lowest BCUT2D eigenvalue weighted by molar-refractivity contribution is -0.384. The second-order valence-electron chi connectivity index (χ2n) is 7.49. The highest BCUT2D eigenvalue weighted by Crippen LogP contribution is 2.26. The zero-order valence-electron chi connectivity index (χ0n) is 16.9. The molecule has 1 fully saturated rings. The number of benzene rings is 2. The first-order valence-electron chi connectivity index (χ1n) is 9.95. The Balaban J connectivity index is 1.62. The van der Waals surface area contributed by atoms with Crippen molar-refractivity contribution in [2.45, 2.75) is 26.3 Å². The van der Waals surface area contributed by atoms with Crippen molar-refractivity contribution in [3.63, 3.8) is 0 Å². The third kappa shape index (κ3) is 5.56. The molecular formula is C22H25N3O5. The first-order chi connectivity index (χ1) is 14.4. The Hall–Kier alpha value is -3.42. The fraction of sp³-hybridized carbons (Fsp3) is 0.364. The van der Waals surface area contributed by atoms with Crippen LogP contribution in [0.15, 0.2) is 48.5 Å². The van der Waals surface area contributed by atoms with Gasteiger partial charge in [0.1, 0.15) is 5.69 Å². The molecule has 2 aromatic rings. The number of esters is 1. The number of hydrogen-bond donors (Lipinski definition) is 1. The molecule has 0 aliphatic carbocycles. The molecule has 30 heavy (non-hydrogen) atoms. The largest absolute Gasteiger partial charge is 0.452 e. The van der Waals surface area contributed by atoms with E-state index in [-0.39, 0.29) is 23.8 Å². The standard InChI is InChI=1S/C22H25N3O5/c1-16-6-5-11-24(14-16)21(26)15-30-22(27)18-9-10-19(20(12-18)25(28)29)23-13-17-7-3-2-4-8-17/h2-4,7-10,12,16,23H,5-6,11,13-15H2,1H3. The van der Waals surface area contributed by atoms with Crippen molar-refractivity contribution in [3.05, 3.63) is 69.8 Å². The van der Waals surface area contributed by atoms with Gasteiger partial charge in [0, 0.05) is 25.7 Å². The minimum atomic E-state index is -0.758. The third-order valence-electron chi connectivity index (χ3n) is 5.09. The number of carbonyl (C=O) groups is 2. The summed E-state index contributed by atoms with van der Waals surface area (Å²) >= 11 is 0. The smallest absolute Gasteiger partial charge is 0.338 e. The zero-order valence-corrected chi connectivity index (χ0v) is 16.9. The molecule has 1 atom stereocenters. The molecule has 1 saturated heterocycles. The summed E-state index contributed by atoms with van der Waals surface area (Å²) in [7, 11) is 0. The number of piperidine rings is 1. The molecule has 0 bridgehead atoms. The summed E-state index contributed by atoms with van der Waals surface area (Å²) < 4.78 is 5.11. The second-order valence-corrected chi connectivity index (χ2v) is 7.49. The van der Waals surface area contributed by atoms with E-state index >= 15 is 0 Å². The minimum absolute atomic E-state index is 0.0340. The van der Waals surface area contributed by atoms with Crippen molar-refractivity contribution in [2.75, 3.05) is 25.0 Å². The van der Waals surface area contributed by atoms with Crippen LogP contribution in [0.1, 0.15) is 35.7 Å². The number of carbonyl (C=O) groups excluding carboxylic acids is 2. The molecule has 0 radical (unpaired) electrons. The van der Waals surface area contributed by atoms with Crippen LogP contribution in [0, 0.1) is 16.0 Å². The summed E-state index contributed by atoms with van der Waals surface area (Å²) in [5, 5.41) is 14.5. The number of amides is 1. The van der Waals surface area contributed by atoms with Crippen LogP contribution in [0.25, 0.3) is 0 Å². The van der Waals surface area contributed by atoms with Gasteiger partial charge in [-0.15, -0.1) is 0 Å². The summed E-state index contributed by atoms with van der Waals surface area (Å²) in [5.41, 5.74) is 1.09. The Morgan fingerprint density at radius 1 is 1.23 bits per heavy atom. The Morgan fingerprint density at radius 3 is 2.70 bits per heavy atom. The molecule has 1 aliphatic heterocycles. The molecule has 2 aromatic carbocycles. The van der Waals surface area contributed by atoms with E-state index in [1.54, 1.807) is 4.90 Å². The lowest BCUT2D eigenvalue weighted by Gasteiger charge is -2.30. The van der Waals surface area contributed by atoms with Gasteiger partial charge < -0.3 is 15.0 Å². The molecule has 0 saturated carbocycles. The molecule has 8 nitrogen and oxygen atoms in total. The first kappa shape index (κ1) is 21.3. The van der Waals surface area contributed by atoms with E-state index in [1.165, 1.54) is 18.2 Å². The van der Waals surface area contributed by atoms with Crippen molar-refractivity contribution >= 4 is 23.3 Å². The van der Waals surface area contributed by atoms with E-state index in [0.717, 1.165) is 18.4 Å². The van der Waals surface area contributed by atoms with Crippen molar-refractivity contribution in [1.82, 2.24) is 4.90 Å². The van der Waals surface area contributed by atoms with Gasteiger partial charge in [-0.1, -0.05) is 37.3 Å². The van der Waals surface area contributed by atoms with E-state index in [9.17, 15) is 19.7 Å². The minimum Gasteiger partial charge on any atom is -0.452 e. The predicted molar refractivity (Wildman–Crippen MR) is 112 cm³/mol. The Morgan fingerprint density at radius 2 is 2.00 bits per heavy atom. The normalized spacial score (nSPS) is 16.0. The number of nitrogens with zero attached hydrogens (tertiary/aromatic N) is 2. The maximum atomic E-state index is 12.3. The van der Waals surface area contributed by atoms with Crippen LogP contribution in [-0.2, 0) is 16.1 Å². The molecule has 1 aliphatic rings. The van der Waals surface area contributed by atoms with E-state index in [2.05, 4.69) is 12.2 Å². The maximum Gasteiger partial charge on any atom is 0.338 e. The van der Waals surface area contributed by atoms with Crippen LogP contribution in [0.2, 0.25) is 0 Å². The zero-order chi connectivity index (χ0) is 21.5. The van der Waals surface area contributed by atoms with E-state index in [1.807, 2.05) is 30.3 Å². The number of anilines is 1. The van der Waals surface area contributed by atoms with Crippen LogP contribution in [0.5, 0.6) is 0 Å². The van der Waals surface area contributed by atoms with Crippen LogP contribution >= 0.6 is 0 Å². The number of rotatable bonds is 7. The number of nitro benzene ring substituents is 1. The van der Waals surface area contributed by atoms with Crippen LogP contribution in [-0.4, -0.2) is 41.4 Å². The van der Waals surface area contributed by atoms with Gasteiger partial charge in [0.2, 0.25) is 0 Å². The highest BCUT2D eigenvalue weighted by molar-refractivity contribution is 5.93. The van der Waals surface area contributed by atoms with E-state index in [0.29, 0.717) is 31.2 Å². The van der Waals surface area contributed by atoms with Gasteiger partial charge in [-0.2, -0.15) is 0 Å². The lowest BCUT2D eigenvalue weighted by Crippen LogP contribution is -2.41. The monoisotopic (exact) mass is 411 g/mol. The molecule has 1 amide bonds. The summed E-state index contributed by atoms with van der Waals surface area (Å²) in [6.45, 7) is 3.44. The van der Waals surface area contributed by atoms with Crippen molar-refractivity contribution in [1.29, 1.82) is 0 Å². The molecule has 8 heteroatoms.